The molecule has 0 fully saturated rings. The van der Waals surface area contributed by atoms with Gasteiger partial charge in [-0.05, 0) is 69.2 Å². The van der Waals surface area contributed by atoms with Crippen molar-refractivity contribution in [3.8, 4) is 11.1 Å². The summed E-state index contributed by atoms with van der Waals surface area (Å²) >= 11 is 0. The first-order chi connectivity index (χ1) is 15.9. The first-order valence-electron chi connectivity index (χ1n) is 11.1. The standard InChI is InChI=1S/C25H28FN3O4S/c1-4-12-34(32,33)29-19-7-5-6-16(22(19)26)15-10-11-18(24(27)30)23-21(15)17-9-8-14(25(2,3)31)13-20(17)28-23/h4-7,10-12,14,28-29,31H,8-9,13H2,1-3H3,(H2,27,30). The van der Waals surface area contributed by atoms with Crippen molar-refractivity contribution in [2.45, 2.75) is 45.6 Å². The van der Waals surface area contributed by atoms with E-state index >= 15 is 4.39 Å². The predicted octanol–water partition coefficient (Wildman–Crippen LogP) is 4.22. The largest absolute Gasteiger partial charge is 0.390 e. The number of H-pyrrole nitrogens is 1. The summed E-state index contributed by atoms with van der Waals surface area (Å²) in [5, 5.41) is 12.2. The minimum atomic E-state index is -3.85. The van der Waals surface area contributed by atoms with Crippen molar-refractivity contribution in [3.05, 3.63) is 64.5 Å². The Balaban J connectivity index is 1.92. The Morgan fingerprint density at radius 3 is 2.65 bits per heavy atom. The number of carbonyl (C=O) groups is 1. The second-order valence-electron chi connectivity index (χ2n) is 9.23. The van der Waals surface area contributed by atoms with Gasteiger partial charge >= 0.3 is 0 Å². The molecule has 1 aliphatic rings. The highest BCUT2D eigenvalue weighted by atomic mass is 32.2. The van der Waals surface area contributed by atoms with Crippen molar-refractivity contribution in [1.29, 1.82) is 0 Å². The van der Waals surface area contributed by atoms with E-state index in [9.17, 15) is 18.3 Å². The minimum absolute atomic E-state index is 0.0228. The summed E-state index contributed by atoms with van der Waals surface area (Å²) in [6.07, 6.45) is 3.30. The van der Waals surface area contributed by atoms with Crippen LogP contribution in [0.4, 0.5) is 10.1 Å². The van der Waals surface area contributed by atoms with Gasteiger partial charge in [0.1, 0.15) is 0 Å². The fraction of sp³-hybridized carbons (Fsp3) is 0.320. The number of sulfonamides is 1. The van der Waals surface area contributed by atoms with Crippen LogP contribution in [0.15, 0.2) is 41.8 Å². The molecule has 1 aromatic heterocycles. The number of primary amides is 1. The Morgan fingerprint density at radius 1 is 1.26 bits per heavy atom. The normalized spacial score (nSPS) is 16.7. The molecule has 5 N–H and O–H groups in total. The lowest BCUT2D eigenvalue weighted by atomic mass is 9.77. The number of nitrogens with one attached hydrogen (secondary N) is 2. The summed E-state index contributed by atoms with van der Waals surface area (Å²) in [7, 11) is -3.85. The van der Waals surface area contributed by atoms with E-state index in [0.29, 0.717) is 34.9 Å². The van der Waals surface area contributed by atoms with E-state index in [1.54, 1.807) is 45.0 Å². The van der Waals surface area contributed by atoms with Gasteiger partial charge in [-0.15, -0.1) is 0 Å². The summed E-state index contributed by atoms with van der Waals surface area (Å²) in [4.78, 5) is 15.5. The zero-order valence-corrected chi connectivity index (χ0v) is 20.1. The van der Waals surface area contributed by atoms with Crippen LogP contribution in [-0.4, -0.2) is 30.0 Å². The maximum Gasteiger partial charge on any atom is 0.254 e. The molecule has 9 heteroatoms. The number of rotatable bonds is 6. The van der Waals surface area contributed by atoms with Gasteiger partial charge in [0.2, 0.25) is 0 Å². The molecule has 1 unspecified atom stereocenters. The van der Waals surface area contributed by atoms with Crippen LogP contribution in [0.1, 0.15) is 48.8 Å². The highest BCUT2D eigenvalue weighted by Gasteiger charge is 2.33. The zero-order chi connectivity index (χ0) is 24.8. The lowest BCUT2D eigenvalue weighted by Crippen LogP contribution is -2.34. The number of fused-ring (bicyclic) bond motifs is 3. The van der Waals surface area contributed by atoms with E-state index in [4.69, 9.17) is 5.73 Å². The maximum absolute atomic E-state index is 15.6. The Labute approximate surface area is 197 Å². The van der Waals surface area contributed by atoms with Crippen molar-refractivity contribution in [2.75, 3.05) is 4.72 Å². The molecule has 1 heterocycles. The molecule has 34 heavy (non-hydrogen) atoms. The monoisotopic (exact) mass is 485 g/mol. The van der Waals surface area contributed by atoms with E-state index in [2.05, 4.69) is 9.71 Å². The number of amides is 1. The van der Waals surface area contributed by atoms with Gasteiger partial charge < -0.3 is 15.8 Å². The third kappa shape index (κ3) is 4.33. The van der Waals surface area contributed by atoms with Crippen molar-refractivity contribution in [2.24, 2.45) is 11.7 Å². The van der Waals surface area contributed by atoms with Crippen LogP contribution in [0.3, 0.4) is 0 Å². The molecule has 0 bridgehead atoms. The number of allylic oxidation sites excluding steroid dienone is 1. The molecular formula is C25H28FN3O4S. The van der Waals surface area contributed by atoms with Crippen LogP contribution in [0.2, 0.25) is 0 Å². The lowest BCUT2D eigenvalue weighted by molar-refractivity contribution is 0.0107. The predicted molar refractivity (Wildman–Crippen MR) is 131 cm³/mol. The molecule has 0 aliphatic heterocycles. The van der Waals surface area contributed by atoms with Gasteiger partial charge in [0.05, 0.1) is 22.4 Å². The molecule has 1 amide bonds. The molecule has 0 saturated heterocycles. The molecule has 180 valence electrons. The van der Waals surface area contributed by atoms with E-state index in [1.165, 1.54) is 12.1 Å². The van der Waals surface area contributed by atoms with Gasteiger partial charge in [-0.2, -0.15) is 0 Å². The fourth-order valence-corrected chi connectivity index (χ4v) is 5.65. The van der Waals surface area contributed by atoms with Gasteiger partial charge in [-0.25, -0.2) is 12.8 Å². The quantitative estimate of drug-likeness (QED) is 0.417. The summed E-state index contributed by atoms with van der Waals surface area (Å²) < 4.78 is 42.1. The summed E-state index contributed by atoms with van der Waals surface area (Å²) in [6.45, 7) is 5.11. The number of nitrogens with two attached hydrogens (primary N) is 1. The van der Waals surface area contributed by atoms with Gasteiger partial charge in [0, 0.05) is 22.1 Å². The van der Waals surface area contributed by atoms with Crippen LogP contribution < -0.4 is 10.5 Å². The Kier molecular flexibility index (Phi) is 6.03. The SMILES string of the molecule is CC=CS(=O)(=O)Nc1cccc(-c2ccc(C(N)=O)c3[nH]c4c(c23)CCC(C(C)(C)O)C4)c1F. The van der Waals surface area contributed by atoms with Crippen molar-refractivity contribution >= 4 is 32.5 Å². The molecule has 4 rings (SSSR count). The molecule has 0 radical (unpaired) electrons. The number of benzene rings is 2. The third-order valence-electron chi connectivity index (χ3n) is 6.46. The van der Waals surface area contributed by atoms with Crippen molar-refractivity contribution in [1.82, 2.24) is 4.98 Å². The van der Waals surface area contributed by atoms with Crippen molar-refractivity contribution < 1.29 is 22.7 Å². The van der Waals surface area contributed by atoms with E-state index in [1.807, 2.05) is 0 Å². The number of aromatic nitrogens is 1. The Morgan fingerprint density at radius 2 is 2.00 bits per heavy atom. The molecule has 2 aromatic carbocycles. The Hall–Kier alpha value is -3.17. The summed E-state index contributed by atoms with van der Waals surface area (Å²) in [6, 6.07) is 7.69. The number of carbonyl (C=O) groups excluding carboxylic acids is 1. The molecule has 1 aliphatic carbocycles. The first kappa shape index (κ1) is 24.0. The maximum atomic E-state index is 15.6. The number of hydrogen-bond acceptors (Lipinski definition) is 4. The van der Waals surface area contributed by atoms with Gasteiger partial charge in [-0.3, -0.25) is 9.52 Å². The van der Waals surface area contributed by atoms with Gasteiger partial charge in [0.25, 0.3) is 15.9 Å². The second kappa shape index (κ2) is 8.56. The Bertz CT molecular complexity index is 1420. The minimum Gasteiger partial charge on any atom is -0.390 e. The highest BCUT2D eigenvalue weighted by Crippen LogP contribution is 2.42. The number of aromatic amines is 1. The zero-order valence-electron chi connectivity index (χ0n) is 19.3. The van der Waals surface area contributed by atoms with E-state index < -0.39 is 27.3 Å². The molecular weight excluding hydrogens is 457 g/mol. The smallest absolute Gasteiger partial charge is 0.254 e. The number of anilines is 1. The topological polar surface area (TPSA) is 125 Å². The average molecular weight is 486 g/mol. The van der Waals surface area contributed by atoms with Crippen molar-refractivity contribution in [3.63, 3.8) is 0 Å². The first-order valence-corrected chi connectivity index (χ1v) is 12.6. The molecule has 1 atom stereocenters. The van der Waals surface area contributed by atoms with E-state index in [0.717, 1.165) is 23.1 Å². The van der Waals surface area contributed by atoms with Crippen LogP contribution in [0.25, 0.3) is 22.0 Å². The number of aryl methyl sites for hydroxylation is 1. The summed E-state index contributed by atoms with van der Waals surface area (Å²) in [5.74, 6) is -1.30. The third-order valence-corrected chi connectivity index (χ3v) is 7.60. The molecule has 0 spiro atoms. The molecule has 3 aromatic rings. The van der Waals surface area contributed by atoms with Crippen LogP contribution in [0, 0.1) is 11.7 Å². The summed E-state index contributed by atoms with van der Waals surface area (Å²) in [5.41, 5.74) is 7.96. The highest BCUT2D eigenvalue weighted by molar-refractivity contribution is 7.95. The van der Waals surface area contributed by atoms with Crippen LogP contribution >= 0.6 is 0 Å². The van der Waals surface area contributed by atoms with E-state index in [-0.39, 0.29) is 17.2 Å². The number of aliphatic hydroxyl groups is 1. The second-order valence-corrected chi connectivity index (χ2v) is 10.8. The molecule has 0 saturated carbocycles. The van der Waals surface area contributed by atoms with Crippen LogP contribution in [-0.2, 0) is 22.9 Å². The number of hydrogen-bond donors (Lipinski definition) is 4. The average Bonchev–Trinajstić information content (AvgIpc) is 3.12. The number of halogens is 1. The van der Waals surface area contributed by atoms with Crippen LogP contribution in [0.5, 0.6) is 0 Å². The van der Waals surface area contributed by atoms with Gasteiger partial charge in [-0.1, -0.05) is 24.3 Å². The van der Waals surface area contributed by atoms with Gasteiger partial charge in [0.15, 0.2) is 5.82 Å². The lowest BCUT2D eigenvalue weighted by Gasteiger charge is -2.32. The fourth-order valence-electron chi connectivity index (χ4n) is 4.76. The molecule has 7 nitrogen and oxygen atoms in total.